The fourth-order valence-corrected chi connectivity index (χ4v) is 2.65. The average Bonchev–Trinajstić information content (AvgIpc) is 2.93. The maximum Gasteiger partial charge on any atom is 0.225 e. The third-order valence-corrected chi connectivity index (χ3v) is 3.90. The Labute approximate surface area is 130 Å². The number of nitrogens with one attached hydrogen (secondary N) is 1. The third kappa shape index (κ3) is 4.49. The van der Waals surface area contributed by atoms with Gasteiger partial charge in [0.1, 0.15) is 4.99 Å². The summed E-state index contributed by atoms with van der Waals surface area (Å²) in [4.78, 5) is 14.6. The van der Waals surface area contributed by atoms with Crippen molar-refractivity contribution in [1.82, 2.24) is 4.90 Å². The highest BCUT2D eigenvalue weighted by Crippen LogP contribution is 2.16. The van der Waals surface area contributed by atoms with E-state index in [2.05, 4.69) is 10.2 Å². The fourth-order valence-electron chi connectivity index (χ4n) is 2.47. The topological polar surface area (TPSA) is 67.6 Å². The molecule has 0 spiro atoms. The maximum atomic E-state index is 12.0. The lowest BCUT2D eigenvalue weighted by Gasteiger charge is -2.15. The minimum Gasteiger partial charge on any atom is -0.389 e. The van der Waals surface area contributed by atoms with Crippen LogP contribution in [0.5, 0.6) is 0 Å². The number of carbonyl (C=O) groups excluding carboxylic acids is 1. The maximum absolute atomic E-state index is 12.0. The molecule has 2 rings (SSSR count). The molecular weight excluding hydrogens is 286 g/mol. The van der Waals surface area contributed by atoms with Gasteiger partial charge in [0.2, 0.25) is 5.91 Å². The number of hydrogen-bond donors (Lipinski definition) is 2. The van der Waals surface area contributed by atoms with Crippen LogP contribution in [0, 0.1) is 0 Å². The molecule has 21 heavy (non-hydrogen) atoms. The number of nitrogens with two attached hydrogens (primary N) is 1. The van der Waals surface area contributed by atoms with Crippen LogP contribution in [0.4, 0.5) is 5.69 Å². The molecular formula is C15H21N3O2S. The summed E-state index contributed by atoms with van der Waals surface area (Å²) < 4.78 is 5.32. The standard InChI is InChI=1S/C15H21N3O2S/c1-20-11-6-8-18(10-11)9-7-14(19)17-13-5-3-2-4-12(13)15(16)21/h2-5,11H,6-10H2,1H3,(H2,16,21)(H,17,19). The van der Waals surface area contributed by atoms with E-state index in [0.717, 1.165) is 26.1 Å². The van der Waals surface area contributed by atoms with E-state index in [-0.39, 0.29) is 10.9 Å². The number of anilines is 1. The SMILES string of the molecule is COC1CCN(CCC(=O)Nc2ccccc2C(N)=S)C1. The van der Waals surface area contributed by atoms with Gasteiger partial charge in [-0.05, 0) is 18.6 Å². The molecule has 1 saturated heterocycles. The van der Waals surface area contributed by atoms with Gasteiger partial charge in [0.15, 0.2) is 0 Å². The van der Waals surface area contributed by atoms with E-state index in [4.69, 9.17) is 22.7 Å². The highest BCUT2D eigenvalue weighted by molar-refractivity contribution is 7.80. The molecule has 1 aromatic carbocycles. The second-order valence-electron chi connectivity index (χ2n) is 5.16. The molecule has 6 heteroatoms. The van der Waals surface area contributed by atoms with E-state index < -0.39 is 0 Å². The lowest BCUT2D eigenvalue weighted by Crippen LogP contribution is -2.27. The van der Waals surface area contributed by atoms with Gasteiger partial charge in [-0.1, -0.05) is 24.4 Å². The van der Waals surface area contributed by atoms with E-state index in [0.29, 0.717) is 23.8 Å². The van der Waals surface area contributed by atoms with Crippen LogP contribution in [-0.2, 0) is 9.53 Å². The van der Waals surface area contributed by atoms with Crippen molar-refractivity contribution in [2.24, 2.45) is 5.73 Å². The minimum atomic E-state index is -0.0282. The van der Waals surface area contributed by atoms with Crippen LogP contribution in [0.25, 0.3) is 0 Å². The zero-order chi connectivity index (χ0) is 15.2. The monoisotopic (exact) mass is 307 g/mol. The Balaban J connectivity index is 1.84. The van der Waals surface area contributed by atoms with Crippen LogP contribution < -0.4 is 11.1 Å². The summed E-state index contributed by atoms with van der Waals surface area (Å²) in [6.07, 6.45) is 1.77. The molecule has 114 valence electrons. The molecule has 1 unspecified atom stereocenters. The molecule has 1 amide bonds. The van der Waals surface area contributed by atoms with Gasteiger partial charge in [-0.25, -0.2) is 0 Å². The molecule has 1 aliphatic heterocycles. The van der Waals surface area contributed by atoms with Crippen LogP contribution in [0.3, 0.4) is 0 Å². The van der Waals surface area contributed by atoms with Crippen molar-refractivity contribution in [2.45, 2.75) is 18.9 Å². The second-order valence-corrected chi connectivity index (χ2v) is 5.59. The van der Waals surface area contributed by atoms with Gasteiger partial charge in [0.05, 0.1) is 11.8 Å². The van der Waals surface area contributed by atoms with Crippen molar-refractivity contribution >= 4 is 28.8 Å². The summed E-state index contributed by atoms with van der Waals surface area (Å²) in [5, 5.41) is 2.88. The summed E-state index contributed by atoms with van der Waals surface area (Å²) in [5.74, 6) is -0.0282. The number of methoxy groups -OCH3 is 1. The predicted octanol–water partition coefficient (Wildman–Crippen LogP) is 1.37. The number of ether oxygens (including phenoxy) is 1. The summed E-state index contributed by atoms with van der Waals surface area (Å²) in [6, 6.07) is 7.31. The number of likely N-dealkylation sites (tertiary alicyclic amines) is 1. The Morgan fingerprint density at radius 1 is 1.52 bits per heavy atom. The van der Waals surface area contributed by atoms with Crippen molar-refractivity contribution in [3.8, 4) is 0 Å². The first-order valence-electron chi connectivity index (χ1n) is 7.04. The van der Waals surface area contributed by atoms with Gasteiger partial charge in [-0.2, -0.15) is 0 Å². The van der Waals surface area contributed by atoms with E-state index in [1.54, 1.807) is 7.11 Å². The molecule has 1 fully saturated rings. The number of nitrogens with zero attached hydrogens (tertiary/aromatic N) is 1. The van der Waals surface area contributed by atoms with Crippen LogP contribution in [0.15, 0.2) is 24.3 Å². The number of rotatable bonds is 6. The van der Waals surface area contributed by atoms with Gasteiger partial charge < -0.3 is 20.7 Å². The van der Waals surface area contributed by atoms with Crippen molar-refractivity contribution < 1.29 is 9.53 Å². The molecule has 0 aromatic heterocycles. The summed E-state index contributed by atoms with van der Waals surface area (Å²) in [5.41, 5.74) is 7.02. The Hall–Kier alpha value is -1.50. The molecule has 1 atom stereocenters. The number of carbonyl (C=O) groups is 1. The van der Waals surface area contributed by atoms with Gasteiger partial charge in [0.25, 0.3) is 0 Å². The number of benzene rings is 1. The van der Waals surface area contributed by atoms with Crippen LogP contribution >= 0.6 is 12.2 Å². The molecule has 0 saturated carbocycles. The first-order chi connectivity index (χ1) is 10.1. The van der Waals surface area contributed by atoms with Gasteiger partial charge in [-0.15, -0.1) is 0 Å². The van der Waals surface area contributed by atoms with E-state index in [9.17, 15) is 4.79 Å². The minimum absolute atomic E-state index is 0.0282. The van der Waals surface area contributed by atoms with Gasteiger partial charge in [0, 0.05) is 38.7 Å². The van der Waals surface area contributed by atoms with Crippen molar-refractivity contribution in [2.75, 3.05) is 32.1 Å². The van der Waals surface area contributed by atoms with Crippen LogP contribution in [0.1, 0.15) is 18.4 Å². The highest BCUT2D eigenvalue weighted by atomic mass is 32.1. The highest BCUT2D eigenvalue weighted by Gasteiger charge is 2.22. The van der Waals surface area contributed by atoms with Crippen molar-refractivity contribution in [3.05, 3.63) is 29.8 Å². The summed E-state index contributed by atoms with van der Waals surface area (Å²) >= 11 is 4.99. The lowest BCUT2D eigenvalue weighted by molar-refractivity contribution is -0.116. The number of hydrogen-bond acceptors (Lipinski definition) is 4. The molecule has 0 aliphatic carbocycles. The Kier molecular flexibility index (Phi) is 5.67. The number of para-hydroxylation sites is 1. The van der Waals surface area contributed by atoms with Crippen LogP contribution in [-0.4, -0.2) is 48.6 Å². The molecule has 0 radical (unpaired) electrons. The zero-order valence-electron chi connectivity index (χ0n) is 12.2. The molecule has 1 heterocycles. The Morgan fingerprint density at radius 2 is 2.29 bits per heavy atom. The van der Waals surface area contributed by atoms with Gasteiger partial charge in [-0.3, -0.25) is 4.79 Å². The van der Waals surface area contributed by atoms with E-state index in [1.165, 1.54) is 0 Å². The summed E-state index contributed by atoms with van der Waals surface area (Å²) in [7, 11) is 1.73. The smallest absolute Gasteiger partial charge is 0.225 e. The second kappa shape index (κ2) is 7.49. The van der Waals surface area contributed by atoms with E-state index in [1.807, 2.05) is 24.3 Å². The quantitative estimate of drug-likeness (QED) is 0.777. The lowest BCUT2D eigenvalue weighted by atomic mass is 10.1. The average molecular weight is 307 g/mol. The zero-order valence-corrected chi connectivity index (χ0v) is 13.0. The molecule has 1 aromatic rings. The van der Waals surface area contributed by atoms with E-state index >= 15 is 0 Å². The van der Waals surface area contributed by atoms with Crippen molar-refractivity contribution in [1.29, 1.82) is 0 Å². The normalized spacial score (nSPS) is 18.6. The van der Waals surface area contributed by atoms with Crippen LogP contribution in [0.2, 0.25) is 0 Å². The Morgan fingerprint density at radius 3 is 2.95 bits per heavy atom. The number of amides is 1. The molecule has 5 nitrogen and oxygen atoms in total. The predicted molar refractivity (Wildman–Crippen MR) is 87.4 cm³/mol. The first-order valence-corrected chi connectivity index (χ1v) is 7.45. The number of thiocarbonyl (C=S) groups is 1. The molecule has 0 bridgehead atoms. The van der Waals surface area contributed by atoms with Crippen molar-refractivity contribution in [3.63, 3.8) is 0 Å². The van der Waals surface area contributed by atoms with Gasteiger partial charge >= 0.3 is 0 Å². The largest absolute Gasteiger partial charge is 0.389 e. The molecule has 3 N–H and O–H groups in total. The Bertz CT molecular complexity index is 521. The molecule has 1 aliphatic rings. The first kappa shape index (κ1) is 15.9. The third-order valence-electron chi connectivity index (χ3n) is 3.68. The fraction of sp³-hybridized carbons (Fsp3) is 0.467. The summed E-state index contributed by atoms with van der Waals surface area (Å²) in [6.45, 7) is 2.61.